The second kappa shape index (κ2) is 7.81. The molecule has 1 saturated heterocycles. The van der Waals surface area contributed by atoms with E-state index in [1.807, 2.05) is 0 Å². The Morgan fingerprint density at radius 1 is 1.26 bits per heavy atom. The maximum absolute atomic E-state index is 11.8. The number of sulfone groups is 1. The molecule has 7 heteroatoms. The standard InChI is InChI=1S/C12H25N3O3S/c13-6-4-11-3-1-2-7-15(11)8-10-19(17,18)9-5-12(14)16/h11H,1-10,13H2,(H2,14,16). The van der Waals surface area contributed by atoms with E-state index < -0.39 is 15.7 Å². The smallest absolute Gasteiger partial charge is 0.218 e. The van der Waals surface area contributed by atoms with Gasteiger partial charge in [0.2, 0.25) is 5.91 Å². The van der Waals surface area contributed by atoms with Crippen molar-refractivity contribution in [2.24, 2.45) is 11.5 Å². The minimum atomic E-state index is -3.19. The molecular formula is C12H25N3O3S. The topological polar surface area (TPSA) is 106 Å². The van der Waals surface area contributed by atoms with Gasteiger partial charge in [-0.25, -0.2) is 8.42 Å². The molecule has 1 atom stereocenters. The van der Waals surface area contributed by atoms with Gasteiger partial charge in [-0.2, -0.15) is 0 Å². The average Bonchev–Trinajstić information content (AvgIpc) is 2.36. The van der Waals surface area contributed by atoms with Crippen molar-refractivity contribution in [1.82, 2.24) is 4.90 Å². The first kappa shape index (κ1) is 16.4. The van der Waals surface area contributed by atoms with Gasteiger partial charge in [-0.3, -0.25) is 9.69 Å². The van der Waals surface area contributed by atoms with Crippen molar-refractivity contribution in [3.63, 3.8) is 0 Å². The fraction of sp³-hybridized carbons (Fsp3) is 0.917. The predicted octanol–water partition coefficient (Wildman–Crippen LogP) is -0.520. The Morgan fingerprint density at radius 3 is 2.63 bits per heavy atom. The molecule has 1 fully saturated rings. The first-order chi connectivity index (χ1) is 8.94. The highest BCUT2D eigenvalue weighted by molar-refractivity contribution is 7.91. The molecule has 1 amide bonds. The summed E-state index contributed by atoms with van der Waals surface area (Å²) in [6.07, 6.45) is 4.23. The quantitative estimate of drug-likeness (QED) is 0.626. The molecule has 0 bridgehead atoms. The average molecular weight is 291 g/mol. The van der Waals surface area contributed by atoms with E-state index in [2.05, 4.69) is 4.90 Å². The van der Waals surface area contributed by atoms with E-state index in [0.717, 1.165) is 25.8 Å². The summed E-state index contributed by atoms with van der Waals surface area (Å²) in [4.78, 5) is 12.8. The Balaban J connectivity index is 2.42. The number of amides is 1. The van der Waals surface area contributed by atoms with Gasteiger partial charge in [0.05, 0.1) is 11.5 Å². The molecule has 0 aromatic carbocycles. The van der Waals surface area contributed by atoms with Crippen LogP contribution in [-0.2, 0) is 14.6 Å². The Bertz CT molecular complexity index is 382. The number of nitrogens with zero attached hydrogens (tertiary/aromatic N) is 1. The minimum Gasteiger partial charge on any atom is -0.370 e. The molecule has 0 radical (unpaired) electrons. The van der Waals surface area contributed by atoms with E-state index in [4.69, 9.17) is 11.5 Å². The highest BCUT2D eigenvalue weighted by Gasteiger charge is 2.23. The lowest BCUT2D eigenvalue weighted by Gasteiger charge is -2.35. The van der Waals surface area contributed by atoms with E-state index in [1.54, 1.807) is 0 Å². The summed E-state index contributed by atoms with van der Waals surface area (Å²) < 4.78 is 23.6. The van der Waals surface area contributed by atoms with Crippen molar-refractivity contribution >= 4 is 15.7 Å². The maximum atomic E-state index is 11.8. The number of likely N-dealkylation sites (tertiary alicyclic amines) is 1. The van der Waals surface area contributed by atoms with Gasteiger partial charge in [0.25, 0.3) is 0 Å². The van der Waals surface area contributed by atoms with E-state index in [-0.39, 0.29) is 17.9 Å². The molecule has 0 saturated carbocycles. The summed E-state index contributed by atoms with van der Waals surface area (Å²) in [5.41, 5.74) is 10.6. The van der Waals surface area contributed by atoms with Crippen molar-refractivity contribution in [1.29, 1.82) is 0 Å². The number of hydrogen-bond acceptors (Lipinski definition) is 5. The van der Waals surface area contributed by atoms with E-state index in [0.29, 0.717) is 19.1 Å². The number of rotatable bonds is 8. The number of carbonyl (C=O) groups is 1. The molecule has 4 N–H and O–H groups in total. The summed E-state index contributed by atoms with van der Waals surface area (Å²) in [5, 5.41) is 0. The van der Waals surface area contributed by atoms with Gasteiger partial charge < -0.3 is 11.5 Å². The van der Waals surface area contributed by atoms with Gasteiger partial charge in [-0.1, -0.05) is 6.42 Å². The van der Waals surface area contributed by atoms with Crippen LogP contribution in [0.1, 0.15) is 32.1 Å². The molecule has 6 nitrogen and oxygen atoms in total. The predicted molar refractivity (Wildman–Crippen MR) is 75.3 cm³/mol. The van der Waals surface area contributed by atoms with Crippen LogP contribution in [0.2, 0.25) is 0 Å². The van der Waals surface area contributed by atoms with Crippen molar-refractivity contribution in [3.05, 3.63) is 0 Å². The molecule has 0 aromatic heterocycles. The molecular weight excluding hydrogens is 266 g/mol. The fourth-order valence-corrected chi connectivity index (χ4v) is 3.72. The highest BCUT2D eigenvalue weighted by Crippen LogP contribution is 2.19. The van der Waals surface area contributed by atoms with Gasteiger partial charge in [-0.15, -0.1) is 0 Å². The van der Waals surface area contributed by atoms with Crippen LogP contribution >= 0.6 is 0 Å². The van der Waals surface area contributed by atoms with Crippen LogP contribution in [0, 0.1) is 0 Å². The van der Waals surface area contributed by atoms with E-state index in [1.165, 1.54) is 6.42 Å². The highest BCUT2D eigenvalue weighted by atomic mass is 32.2. The molecule has 1 rings (SSSR count). The number of piperidine rings is 1. The summed E-state index contributed by atoms with van der Waals surface area (Å²) in [6.45, 7) is 2.11. The zero-order chi connectivity index (χ0) is 14.3. The second-order valence-electron chi connectivity index (χ2n) is 5.13. The molecule has 0 aliphatic carbocycles. The van der Waals surface area contributed by atoms with Crippen LogP contribution < -0.4 is 11.5 Å². The van der Waals surface area contributed by atoms with Crippen LogP contribution in [0.3, 0.4) is 0 Å². The van der Waals surface area contributed by atoms with Gasteiger partial charge in [0.15, 0.2) is 9.84 Å². The Kier molecular flexibility index (Phi) is 6.74. The fourth-order valence-electron chi connectivity index (χ4n) is 2.49. The molecule has 0 spiro atoms. The van der Waals surface area contributed by atoms with Crippen LogP contribution in [0.5, 0.6) is 0 Å². The molecule has 1 aliphatic rings. The number of primary amides is 1. The largest absolute Gasteiger partial charge is 0.370 e. The monoisotopic (exact) mass is 291 g/mol. The molecule has 1 heterocycles. The normalized spacial score (nSPS) is 21.4. The van der Waals surface area contributed by atoms with Crippen molar-refractivity contribution in [3.8, 4) is 0 Å². The third kappa shape index (κ3) is 6.35. The summed E-state index contributed by atoms with van der Waals surface area (Å²) >= 11 is 0. The van der Waals surface area contributed by atoms with Crippen molar-refractivity contribution in [2.75, 3.05) is 31.1 Å². The molecule has 1 aliphatic heterocycles. The molecule has 112 valence electrons. The van der Waals surface area contributed by atoms with Gasteiger partial charge in [-0.05, 0) is 32.4 Å². The first-order valence-corrected chi connectivity index (χ1v) is 8.69. The number of carbonyl (C=O) groups excluding carboxylic acids is 1. The SMILES string of the molecule is NCCC1CCCCN1CCS(=O)(=O)CCC(N)=O. The van der Waals surface area contributed by atoms with Crippen molar-refractivity contribution in [2.45, 2.75) is 38.1 Å². The number of nitrogens with two attached hydrogens (primary N) is 2. The van der Waals surface area contributed by atoms with Crippen LogP contribution in [0.25, 0.3) is 0 Å². The minimum absolute atomic E-state index is 0.0887. The Hall–Kier alpha value is -0.660. The van der Waals surface area contributed by atoms with Gasteiger partial charge in [0, 0.05) is 19.0 Å². The lowest BCUT2D eigenvalue weighted by atomic mass is 9.99. The van der Waals surface area contributed by atoms with Gasteiger partial charge in [0.1, 0.15) is 0 Å². The summed E-state index contributed by atoms with van der Waals surface area (Å²) in [6, 6.07) is 0.407. The zero-order valence-corrected chi connectivity index (χ0v) is 12.2. The third-order valence-electron chi connectivity index (χ3n) is 3.60. The maximum Gasteiger partial charge on any atom is 0.218 e. The third-order valence-corrected chi connectivity index (χ3v) is 5.23. The van der Waals surface area contributed by atoms with Crippen LogP contribution in [0.4, 0.5) is 0 Å². The zero-order valence-electron chi connectivity index (χ0n) is 11.4. The first-order valence-electron chi connectivity index (χ1n) is 6.87. The second-order valence-corrected chi connectivity index (χ2v) is 7.43. The lowest BCUT2D eigenvalue weighted by molar-refractivity contribution is -0.117. The van der Waals surface area contributed by atoms with Crippen molar-refractivity contribution < 1.29 is 13.2 Å². The molecule has 1 unspecified atom stereocenters. The Morgan fingerprint density at radius 2 is 2.00 bits per heavy atom. The van der Waals surface area contributed by atoms with E-state index >= 15 is 0 Å². The molecule has 0 aromatic rings. The summed E-state index contributed by atoms with van der Waals surface area (Å²) in [7, 11) is -3.19. The number of hydrogen-bond donors (Lipinski definition) is 2. The van der Waals surface area contributed by atoms with Crippen LogP contribution in [-0.4, -0.2) is 56.4 Å². The molecule has 19 heavy (non-hydrogen) atoms. The lowest BCUT2D eigenvalue weighted by Crippen LogP contribution is -2.43. The van der Waals surface area contributed by atoms with E-state index in [9.17, 15) is 13.2 Å². The van der Waals surface area contributed by atoms with Gasteiger partial charge >= 0.3 is 0 Å². The van der Waals surface area contributed by atoms with Crippen LogP contribution in [0.15, 0.2) is 0 Å². The summed E-state index contributed by atoms with van der Waals surface area (Å²) in [5.74, 6) is -0.610. The Labute approximate surface area is 115 Å².